The van der Waals surface area contributed by atoms with E-state index in [1.807, 2.05) is 4.57 Å². The number of hydrogen-bond acceptors (Lipinski definition) is 2. The van der Waals surface area contributed by atoms with Crippen LogP contribution in [0, 0.1) is 5.82 Å². The quantitative estimate of drug-likeness (QED) is 0.714. The van der Waals surface area contributed by atoms with E-state index in [-0.39, 0.29) is 11.9 Å². The normalized spacial score (nSPS) is 20.5. The van der Waals surface area contributed by atoms with Crippen LogP contribution >= 0.6 is 0 Å². The van der Waals surface area contributed by atoms with Gasteiger partial charge >= 0.3 is 0 Å². The van der Waals surface area contributed by atoms with Crippen molar-refractivity contribution in [2.75, 3.05) is 0 Å². The van der Waals surface area contributed by atoms with Gasteiger partial charge in [-0.25, -0.2) is 9.37 Å². The molecule has 2 aromatic rings. The molecule has 15 heavy (non-hydrogen) atoms. The van der Waals surface area contributed by atoms with E-state index in [0.717, 1.165) is 36.2 Å². The molecule has 4 heteroatoms. The van der Waals surface area contributed by atoms with Gasteiger partial charge in [0.15, 0.2) is 0 Å². The highest BCUT2D eigenvalue weighted by molar-refractivity contribution is 5.76. The van der Waals surface area contributed by atoms with Gasteiger partial charge in [0.2, 0.25) is 0 Å². The molecule has 0 saturated carbocycles. The third-order valence-electron chi connectivity index (χ3n) is 2.97. The van der Waals surface area contributed by atoms with Crippen LogP contribution in [-0.4, -0.2) is 9.55 Å². The van der Waals surface area contributed by atoms with Crippen LogP contribution in [0.1, 0.15) is 24.7 Å². The van der Waals surface area contributed by atoms with Gasteiger partial charge < -0.3 is 10.3 Å². The number of rotatable bonds is 0. The molecule has 3 nitrogen and oxygen atoms in total. The zero-order valence-electron chi connectivity index (χ0n) is 8.28. The van der Waals surface area contributed by atoms with Crippen LogP contribution in [0.15, 0.2) is 18.2 Å². The van der Waals surface area contributed by atoms with Crippen molar-refractivity contribution in [3.63, 3.8) is 0 Å². The fraction of sp³-hybridized carbons (Fsp3) is 0.364. The second-order valence-corrected chi connectivity index (χ2v) is 4.00. The maximum atomic E-state index is 13.1. The predicted molar refractivity (Wildman–Crippen MR) is 55.9 cm³/mol. The summed E-state index contributed by atoms with van der Waals surface area (Å²) in [5.74, 6) is 0.672. The lowest BCUT2D eigenvalue weighted by atomic mass is 10.1. The second-order valence-electron chi connectivity index (χ2n) is 4.00. The molecule has 2 N–H and O–H groups in total. The van der Waals surface area contributed by atoms with Crippen LogP contribution in [0.25, 0.3) is 11.0 Å². The molecule has 1 atom stereocenters. The number of fused-ring (bicyclic) bond motifs is 3. The van der Waals surface area contributed by atoms with Gasteiger partial charge in [-0.3, -0.25) is 0 Å². The Morgan fingerprint density at radius 1 is 1.47 bits per heavy atom. The number of nitrogens with two attached hydrogens (primary N) is 1. The number of imidazole rings is 1. The Hall–Kier alpha value is -1.42. The highest BCUT2D eigenvalue weighted by Crippen LogP contribution is 2.27. The first-order valence-corrected chi connectivity index (χ1v) is 5.17. The van der Waals surface area contributed by atoms with Gasteiger partial charge in [-0.05, 0) is 31.0 Å². The van der Waals surface area contributed by atoms with Crippen LogP contribution in [0.3, 0.4) is 0 Å². The van der Waals surface area contributed by atoms with E-state index in [2.05, 4.69) is 4.98 Å². The van der Waals surface area contributed by atoms with Crippen molar-refractivity contribution in [2.45, 2.75) is 25.4 Å². The zero-order chi connectivity index (χ0) is 10.4. The Morgan fingerprint density at radius 2 is 2.33 bits per heavy atom. The summed E-state index contributed by atoms with van der Waals surface area (Å²) in [4.78, 5) is 4.45. The monoisotopic (exact) mass is 205 g/mol. The molecule has 0 bridgehead atoms. The third-order valence-corrected chi connectivity index (χ3v) is 2.97. The van der Waals surface area contributed by atoms with E-state index in [0.29, 0.717) is 0 Å². The number of halogens is 1. The van der Waals surface area contributed by atoms with E-state index in [4.69, 9.17) is 5.73 Å². The highest BCUT2D eigenvalue weighted by Gasteiger charge is 2.20. The average Bonchev–Trinajstić information content (AvgIpc) is 2.58. The van der Waals surface area contributed by atoms with Gasteiger partial charge in [-0.15, -0.1) is 0 Å². The lowest BCUT2D eigenvalue weighted by molar-refractivity contribution is 0.459. The average molecular weight is 205 g/mol. The number of aromatic nitrogens is 2. The minimum absolute atomic E-state index is 0.00536. The molecule has 2 heterocycles. The highest BCUT2D eigenvalue weighted by atomic mass is 19.1. The van der Waals surface area contributed by atoms with Gasteiger partial charge in [0, 0.05) is 6.54 Å². The lowest BCUT2D eigenvalue weighted by Crippen LogP contribution is -2.21. The smallest absolute Gasteiger partial charge is 0.126 e. The molecular formula is C11H12FN3. The minimum Gasteiger partial charge on any atom is -0.327 e. The largest absolute Gasteiger partial charge is 0.327 e. The van der Waals surface area contributed by atoms with Crippen LogP contribution in [0.2, 0.25) is 0 Å². The topological polar surface area (TPSA) is 43.8 Å². The molecule has 1 aliphatic heterocycles. The summed E-state index contributed by atoms with van der Waals surface area (Å²) in [5, 5.41) is 0. The summed E-state index contributed by atoms with van der Waals surface area (Å²) in [6.07, 6.45) is 2.00. The van der Waals surface area contributed by atoms with Crippen molar-refractivity contribution in [1.29, 1.82) is 0 Å². The van der Waals surface area contributed by atoms with Crippen molar-refractivity contribution < 1.29 is 4.39 Å². The first-order valence-electron chi connectivity index (χ1n) is 5.17. The molecule has 3 rings (SSSR count). The van der Waals surface area contributed by atoms with Crippen LogP contribution in [0.4, 0.5) is 4.39 Å². The molecule has 0 saturated heterocycles. The molecule has 0 aliphatic carbocycles. The summed E-state index contributed by atoms with van der Waals surface area (Å²) in [6.45, 7) is 0.892. The number of benzene rings is 1. The minimum atomic E-state index is -0.218. The first-order chi connectivity index (χ1) is 7.25. The Labute approximate surface area is 86.7 Å². The van der Waals surface area contributed by atoms with Crippen molar-refractivity contribution >= 4 is 11.0 Å². The van der Waals surface area contributed by atoms with Crippen molar-refractivity contribution in [3.05, 3.63) is 29.8 Å². The maximum absolute atomic E-state index is 13.1. The Morgan fingerprint density at radius 3 is 3.20 bits per heavy atom. The number of aryl methyl sites for hydroxylation is 1. The first kappa shape index (κ1) is 8.85. The zero-order valence-corrected chi connectivity index (χ0v) is 8.28. The summed E-state index contributed by atoms with van der Waals surface area (Å²) >= 11 is 0. The SMILES string of the molecule is NC1CCCn2c1nc1ccc(F)cc12. The molecular weight excluding hydrogens is 193 g/mol. The van der Waals surface area contributed by atoms with E-state index in [1.165, 1.54) is 12.1 Å². The number of nitrogens with zero attached hydrogens (tertiary/aromatic N) is 2. The second kappa shape index (κ2) is 3.03. The van der Waals surface area contributed by atoms with E-state index in [1.54, 1.807) is 6.07 Å². The predicted octanol–water partition coefficient (Wildman–Crippen LogP) is 1.97. The maximum Gasteiger partial charge on any atom is 0.126 e. The Balaban J connectivity index is 2.31. The molecule has 0 spiro atoms. The number of hydrogen-bond donors (Lipinski definition) is 1. The van der Waals surface area contributed by atoms with Crippen LogP contribution in [0.5, 0.6) is 0 Å². The third kappa shape index (κ3) is 1.25. The molecule has 1 aromatic heterocycles. The van der Waals surface area contributed by atoms with E-state index in [9.17, 15) is 4.39 Å². The van der Waals surface area contributed by atoms with Crippen molar-refractivity contribution in [2.24, 2.45) is 5.73 Å². The summed E-state index contributed by atoms with van der Waals surface area (Å²) in [7, 11) is 0. The fourth-order valence-corrected chi connectivity index (χ4v) is 2.23. The molecule has 0 radical (unpaired) electrons. The van der Waals surface area contributed by atoms with E-state index >= 15 is 0 Å². The van der Waals surface area contributed by atoms with Crippen LogP contribution in [-0.2, 0) is 6.54 Å². The van der Waals surface area contributed by atoms with Gasteiger partial charge in [0.25, 0.3) is 0 Å². The molecule has 1 aromatic carbocycles. The Bertz CT molecular complexity index is 518. The van der Waals surface area contributed by atoms with Gasteiger partial charge in [0.05, 0.1) is 17.1 Å². The standard InChI is InChI=1S/C11H12FN3/c12-7-3-4-9-10(6-7)15-5-1-2-8(13)11(15)14-9/h3-4,6,8H,1-2,5,13H2. The van der Waals surface area contributed by atoms with Crippen molar-refractivity contribution in [1.82, 2.24) is 9.55 Å². The van der Waals surface area contributed by atoms with Crippen LogP contribution < -0.4 is 5.73 Å². The van der Waals surface area contributed by atoms with Gasteiger partial charge in [-0.1, -0.05) is 0 Å². The summed E-state index contributed by atoms with van der Waals surface area (Å²) in [5.41, 5.74) is 7.67. The van der Waals surface area contributed by atoms with Crippen molar-refractivity contribution in [3.8, 4) is 0 Å². The summed E-state index contributed by atoms with van der Waals surface area (Å²) in [6, 6.07) is 4.67. The van der Waals surface area contributed by atoms with E-state index < -0.39 is 0 Å². The Kier molecular flexibility index (Phi) is 1.79. The molecule has 1 aliphatic rings. The summed E-state index contributed by atoms with van der Waals surface area (Å²) < 4.78 is 15.1. The fourth-order valence-electron chi connectivity index (χ4n) is 2.23. The molecule has 78 valence electrons. The lowest BCUT2D eigenvalue weighted by Gasteiger charge is -2.20. The van der Waals surface area contributed by atoms with Gasteiger partial charge in [-0.2, -0.15) is 0 Å². The molecule has 0 fully saturated rings. The molecule has 1 unspecified atom stereocenters. The van der Waals surface area contributed by atoms with Gasteiger partial charge in [0.1, 0.15) is 11.6 Å². The molecule has 0 amide bonds.